The number of allylic oxidation sites excluding steroid dienone is 12. The molecule has 3 heteroatoms. The molecule has 0 amide bonds. The van der Waals surface area contributed by atoms with Gasteiger partial charge in [-0.1, -0.05) is 166 Å². The number of nitrogens with one attached hydrogen (secondary N) is 1. The number of hydrogen-bond acceptors (Lipinski definition) is 3. The van der Waals surface area contributed by atoms with Crippen molar-refractivity contribution in [2.75, 3.05) is 21.3 Å². The standard InChI is InChI=1S/C20H20.C9H14.C7H8.C6H11NO.C2H6O.C2H6/c1-4-10-15(5-2)20(3)18-13-8-6-11-16(18)17-12-7-9-14-19(17)20;1-3-5-7-9-8-6-4-2;1-7-5-3-2-4-6-7;1-3-4-5-6-7-8-2;1-3-2;1-2/h4-14H,1-3H3;3,6-9H,1,4-5H2,2H3;2-6H,1H3;3-7H,1-2H3;1-2H3;1-2H3/b10-4-,15-5+;8-6-,9-7-;;4-3-,6-5-;;. The molecule has 3 aromatic carbocycles. The maximum absolute atomic E-state index is 4.52. The number of methoxy groups -OCH3 is 1. The Morgan fingerprint density at radius 2 is 1.24 bits per heavy atom. The van der Waals surface area contributed by atoms with E-state index in [1.54, 1.807) is 27.5 Å². The molecular formula is C46H65NO2. The van der Waals surface area contributed by atoms with Gasteiger partial charge >= 0.3 is 0 Å². The SMILES string of the molecule is C/C=C\C(=C/C)C1(C)c2ccccc2-c2ccccc21.C/C=C\C=C/NOC.C=CC/C=C\C=C/CC.CC.COC.Cc1ccccc1. The van der Waals surface area contributed by atoms with Gasteiger partial charge in [0.2, 0.25) is 0 Å². The summed E-state index contributed by atoms with van der Waals surface area (Å²) in [7, 11) is 4.82. The molecule has 0 spiro atoms. The summed E-state index contributed by atoms with van der Waals surface area (Å²) in [5.41, 5.74) is 10.7. The fourth-order valence-corrected chi connectivity index (χ4v) is 4.77. The number of hydroxylamine groups is 1. The summed E-state index contributed by atoms with van der Waals surface area (Å²) < 4.78 is 4.25. The van der Waals surface area contributed by atoms with Gasteiger partial charge in [-0.25, -0.2) is 0 Å². The molecule has 1 aliphatic carbocycles. The van der Waals surface area contributed by atoms with Crippen molar-refractivity contribution in [3.05, 3.63) is 181 Å². The van der Waals surface area contributed by atoms with Crippen LogP contribution in [0.25, 0.3) is 11.1 Å². The number of ether oxygens (including phenoxy) is 1. The lowest BCUT2D eigenvalue weighted by molar-refractivity contribution is 0.128. The Kier molecular flexibility index (Phi) is 30.6. The van der Waals surface area contributed by atoms with E-state index in [1.807, 2.05) is 69.4 Å². The van der Waals surface area contributed by atoms with Crippen molar-refractivity contribution in [2.45, 2.75) is 73.6 Å². The first kappa shape index (κ1) is 46.7. The van der Waals surface area contributed by atoms with E-state index in [-0.39, 0.29) is 5.41 Å². The van der Waals surface area contributed by atoms with Gasteiger partial charge in [-0.15, -0.1) is 6.58 Å². The molecule has 0 heterocycles. The van der Waals surface area contributed by atoms with Crippen molar-refractivity contribution in [3.63, 3.8) is 0 Å². The van der Waals surface area contributed by atoms with E-state index in [2.05, 4.69) is 153 Å². The number of aryl methyl sites for hydroxylation is 1. The maximum atomic E-state index is 4.52. The maximum Gasteiger partial charge on any atom is 0.0636 e. The van der Waals surface area contributed by atoms with Crippen molar-refractivity contribution < 1.29 is 9.57 Å². The predicted molar refractivity (Wildman–Crippen MR) is 220 cm³/mol. The Morgan fingerprint density at radius 3 is 1.65 bits per heavy atom. The second-order valence-corrected chi connectivity index (χ2v) is 10.5. The van der Waals surface area contributed by atoms with E-state index in [9.17, 15) is 0 Å². The molecule has 49 heavy (non-hydrogen) atoms. The number of rotatable bonds is 9. The lowest BCUT2D eigenvalue weighted by atomic mass is 9.73. The van der Waals surface area contributed by atoms with Crippen molar-refractivity contribution in [1.82, 2.24) is 5.48 Å². The number of fused-ring (bicyclic) bond motifs is 3. The molecule has 0 bridgehead atoms. The van der Waals surface area contributed by atoms with Gasteiger partial charge < -0.3 is 4.74 Å². The number of benzene rings is 3. The third-order valence-corrected chi connectivity index (χ3v) is 6.90. The zero-order valence-electron chi connectivity index (χ0n) is 32.4. The molecule has 266 valence electrons. The van der Waals surface area contributed by atoms with Crippen LogP contribution in [0.15, 0.2) is 164 Å². The van der Waals surface area contributed by atoms with E-state index in [0.717, 1.165) is 12.8 Å². The highest BCUT2D eigenvalue weighted by Gasteiger charge is 2.40. The summed E-state index contributed by atoms with van der Waals surface area (Å²) in [4.78, 5) is 4.52. The fraction of sp³-hybridized carbons (Fsp3) is 0.304. The predicted octanol–water partition coefficient (Wildman–Crippen LogP) is 13.1. The van der Waals surface area contributed by atoms with Crippen LogP contribution >= 0.6 is 0 Å². The van der Waals surface area contributed by atoms with Crippen LogP contribution in [0, 0.1) is 6.92 Å². The van der Waals surface area contributed by atoms with Crippen LogP contribution in [0.2, 0.25) is 0 Å². The van der Waals surface area contributed by atoms with Crippen LogP contribution < -0.4 is 5.48 Å². The Morgan fingerprint density at radius 1 is 0.735 bits per heavy atom. The lowest BCUT2D eigenvalue weighted by Crippen LogP contribution is -2.22. The molecule has 0 aliphatic heterocycles. The molecular weight excluding hydrogens is 599 g/mol. The molecule has 4 rings (SSSR count). The number of hydrogen-bond donors (Lipinski definition) is 1. The van der Waals surface area contributed by atoms with Crippen molar-refractivity contribution in [3.8, 4) is 11.1 Å². The molecule has 0 fully saturated rings. The molecule has 0 saturated heterocycles. The van der Waals surface area contributed by atoms with Crippen LogP contribution in [0.3, 0.4) is 0 Å². The minimum atomic E-state index is -0.0472. The first-order valence-corrected chi connectivity index (χ1v) is 17.3. The molecule has 0 unspecified atom stereocenters. The summed E-state index contributed by atoms with van der Waals surface area (Å²) in [6.45, 7) is 20.3. The van der Waals surface area contributed by atoms with Crippen LogP contribution in [0.5, 0.6) is 0 Å². The molecule has 0 aromatic heterocycles. The Balaban J connectivity index is 0. The first-order chi connectivity index (χ1) is 23.9. The Bertz CT molecular complexity index is 1360. The summed E-state index contributed by atoms with van der Waals surface area (Å²) in [5, 5.41) is 0. The Hall–Kier alpha value is -4.44. The van der Waals surface area contributed by atoms with Gasteiger partial charge in [-0.3, -0.25) is 10.3 Å². The summed E-state index contributed by atoms with van der Waals surface area (Å²) in [6, 6.07) is 27.8. The molecule has 3 nitrogen and oxygen atoms in total. The van der Waals surface area contributed by atoms with Gasteiger partial charge in [0.05, 0.1) is 7.11 Å². The second-order valence-electron chi connectivity index (χ2n) is 10.5. The highest BCUT2D eigenvalue weighted by Crippen LogP contribution is 2.52. The third kappa shape index (κ3) is 18.6. The van der Waals surface area contributed by atoms with E-state index in [4.69, 9.17) is 0 Å². The highest BCUT2D eigenvalue weighted by atomic mass is 16.6. The van der Waals surface area contributed by atoms with Crippen molar-refractivity contribution >= 4 is 0 Å². The third-order valence-electron chi connectivity index (χ3n) is 6.90. The van der Waals surface area contributed by atoms with Crippen molar-refractivity contribution in [2.24, 2.45) is 0 Å². The molecule has 0 saturated carbocycles. The largest absolute Gasteiger partial charge is 0.388 e. The second kappa shape index (κ2) is 32.1. The summed E-state index contributed by atoms with van der Waals surface area (Å²) in [6.07, 6.45) is 26.3. The molecule has 0 atom stereocenters. The average Bonchev–Trinajstić information content (AvgIpc) is 3.40. The average molecular weight is 664 g/mol. The van der Waals surface area contributed by atoms with Gasteiger partial charge in [0, 0.05) is 25.8 Å². The van der Waals surface area contributed by atoms with E-state index in [1.165, 1.54) is 33.4 Å². The zero-order chi connectivity index (χ0) is 37.2. The van der Waals surface area contributed by atoms with Crippen LogP contribution in [0.4, 0.5) is 0 Å². The zero-order valence-corrected chi connectivity index (χ0v) is 32.4. The normalized spacial score (nSPS) is 12.3. The van der Waals surface area contributed by atoms with E-state index < -0.39 is 0 Å². The van der Waals surface area contributed by atoms with Gasteiger partial charge in [0.25, 0.3) is 0 Å². The topological polar surface area (TPSA) is 30.5 Å². The van der Waals surface area contributed by atoms with Crippen LogP contribution in [-0.2, 0) is 15.0 Å². The molecule has 1 N–H and O–H groups in total. The van der Waals surface area contributed by atoms with Crippen molar-refractivity contribution in [1.29, 1.82) is 0 Å². The summed E-state index contributed by atoms with van der Waals surface area (Å²) in [5.74, 6) is 0. The van der Waals surface area contributed by atoms with Gasteiger partial charge in [-0.05, 0) is 81.4 Å². The quantitative estimate of drug-likeness (QED) is 0.140. The monoisotopic (exact) mass is 664 g/mol. The highest BCUT2D eigenvalue weighted by molar-refractivity contribution is 5.83. The van der Waals surface area contributed by atoms with E-state index in [0.29, 0.717) is 0 Å². The van der Waals surface area contributed by atoms with Crippen LogP contribution in [0.1, 0.15) is 78.0 Å². The van der Waals surface area contributed by atoms with E-state index >= 15 is 0 Å². The van der Waals surface area contributed by atoms with Gasteiger partial charge in [0.15, 0.2) is 0 Å². The smallest absolute Gasteiger partial charge is 0.0636 e. The molecule has 0 radical (unpaired) electrons. The molecule has 1 aliphatic rings. The minimum absolute atomic E-state index is 0.0472. The van der Waals surface area contributed by atoms with Gasteiger partial charge in [-0.2, -0.15) is 0 Å². The Labute approximate surface area is 301 Å². The fourth-order valence-electron chi connectivity index (χ4n) is 4.77. The molecule has 3 aromatic rings. The lowest BCUT2D eigenvalue weighted by Gasteiger charge is -2.29. The van der Waals surface area contributed by atoms with Crippen LogP contribution in [-0.4, -0.2) is 21.3 Å². The van der Waals surface area contributed by atoms with Gasteiger partial charge in [0.1, 0.15) is 0 Å². The summed E-state index contributed by atoms with van der Waals surface area (Å²) >= 11 is 0. The minimum Gasteiger partial charge on any atom is -0.388 e. The first-order valence-electron chi connectivity index (χ1n) is 17.3.